The zero-order valence-electron chi connectivity index (χ0n) is 13.9. The zero-order valence-corrected chi connectivity index (χ0v) is 13.9. The highest BCUT2D eigenvalue weighted by Crippen LogP contribution is 2.20. The van der Waals surface area contributed by atoms with Crippen molar-refractivity contribution in [2.75, 3.05) is 5.32 Å². The second-order valence-electron chi connectivity index (χ2n) is 5.66. The van der Waals surface area contributed by atoms with Gasteiger partial charge in [0.15, 0.2) is 0 Å². The molecule has 2 aromatic rings. The first kappa shape index (κ1) is 17.3. The Balaban J connectivity index is 1.95. The largest absolute Gasteiger partial charge is 0.508 e. The van der Waals surface area contributed by atoms with Gasteiger partial charge in [-0.3, -0.25) is 4.79 Å². The third-order valence-corrected chi connectivity index (χ3v) is 3.54. The average Bonchev–Trinajstić information content (AvgIpc) is 2.52. The number of carbonyl (C=O) groups is 1. The Bertz CT molecular complexity index is 772. The monoisotopic (exact) mass is 327 g/mol. The van der Waals surface area contributed by atoms with E-state index in [0.717, 1.165) is 16.8 Å². The topological polar surface area (TPSA) is 94.0 Å². The Morgan fingerprint density at radius 3 is 2.58 bits per heavy atom. The molecular formula is C18H21N3O3. The molecule has 6 nitrogen and oxygen atoms in total. The summed E-state index contributed by atoms with van der Waals surface area (Å²) in [6, 6.07) is 9.60. The van der Waals surface area contributed by atoms with Crippen molar-refractivity contribution in [2.24, 2.45) is 5.10 Å². The Morgan fingerprint density at radius 1 is 1.17 bits per heavy atom. The van der Waals surface area contributed by atoms with Crippen molar-refractivity contribution in [2.45, 2.75) is 26.8 Å². The summed E-state index contributed by atoms with van der Waals surface area (Å²) in [5.41, 5.74) is 5.92. The van der Waals surface area contributed by atoms with Crippen molar-refractivity contribution in [3.8, 4) is 11.5 Å². The lowest BCUT2D eigenvalue weighted by atomic mass is 10.1. The van der Waals surface area contributed by atoms with E-state index >= 15 is 0 Å². The molecule has 1 amide bonds. The van der Waals surface area contributed by atoms with Gasteiger partial charge in [-0.2, -0.15) is 5.10 Å². The first-order valence-corrected chi connectivity index (χ1v) is 7.55. The molecule has 24 heavy (non-hydrogen) atoms. The van der Waals surface area contributed by atoms with Crippen LogP contribution in [0.3, 0.4) is 0 Å². The molecule has 0 saturated heterocycles. The minimum atomic E-state index is -0.475. The molecule has 0 heterocycles. The van der Waals surface area contributed by atoms with Gasteiger partial charge in [-0.05, 0) is 44.5 Å². The molecule has 2 rings (SSSR count). The molecule has 0 bridgehead atoms. The molecule has 1 atom stereocenters. The van der Waals surface area contributed by atoms with E-state index in [1.54, 1.807) is 6.92 Å². The number of anilines is 1. The summed E-state index contributed by atoms with van der Waals surface area (Å²) in [5.74, 6) is -0.459. The van der Waals surface area contributed by atoms with Crippen molar-refractivity contribution in [1.29, 1.82) is 0 Å². The van der Waals surface area contributed by atoms with Gasteiger partial charge in [-0.15, -0.1) is 0 Å². The van der Waals surface area contributed by atoms with E-state index in [1.165, 1.54) is 24.4 Å². The number of carbonyl (C=O) groups excluding carboxylic acids is 1. The van der Waals surface area contributed by atoms with Crippen molar-refractivity contribution < 1.29 is 15.0 Å². The van der Waals surface area contributed by atoms with Crippen LogP contribution >= 0.6 is 0 Å². The average molecular weight is 327 g/mol. The number of hydrazone groups is 1. The molecule has 6 heteroatoms. The first-order chi connectivity index (χ1) is 11.4. The normalized spacial score (nSPS) is 12.1. The summed E-state index contributed by atoms with van der Waals surface area (Å²) in [6.07, 6.45) is 1.32. The fraction of sp³-hybridized carbons (Fsp3) is 0.222. The molecule has 4 N–H and O–H groups in total. The van der Waals surface area contributed by atoms with Crippen LogP contribution in [0.5, 0.6) is 11.5 Å². The van der Waals surface area contributed by atoms with Gasteiger partial charge in [0.05, 0.1) is 6.21 Å². The van der Waals surface area contributed by atoms with E-state index < -0.39 is 6.04 Å². The van der Waals surface area contributed by atoms with Crippen LogP contribution in [0.2, 0.25) is 0 Å². The van der Waals surface area contributed by atoms with Crippen molar-refractivity contribution in [3.05, 3.63) is 53.1 Å². The van der Waals surface area contributed by atoms with Crippen LogP contribution in [0.25, 0.3) is 0 Å². The van der Waals surface area contributed by atoms with Crippen molar-refractivity contribution >= 4 is 17.8 Å². The van der Waals surface area contributed by atoms with Crippen LogP contribution in [0, 0.1) is 13.8 Å². The van der Waals surface area contributed by atoms with Gasteiger partial charge in [-0.25, -0.2) is 5.43 Å². The van der Waals surface area contributed by atoms with Crippen LogP contribution in [-0.2, 0) is 4.79 Å². The zero-order chi connectivity index (χ0) is 17.7. The molecule has 0 aromatic heterocycles. The highest BCUT2D eigenvalue weighted by Gasteiger charge is 2.12. The van der Waals surface area contributed by atoms with Crippen LogP contribution in [0.15, 0.2) is 41.5 Å². The maximum atomic E-state index is 12.1. The Labute approximate surface area is 140 Å². The van der Waals surface area contributed by atoms with Gasteiger partial charge in [0, 0.05) is 17.3 Å². The summed E-state index contributed by atoms with van der Waals surface area (Å²) in [5, 5.41) is 25.8. The summed E-state index contributed by atoms with van der Waals surface area (Å²) in [6.45, 7) is 5.73. The summed E-state index contributed by atoms with van der Waals surface area (Å²) in [4.78, 5) is 12.1. The molecule has 0 aliphatic rings. The number of nitrogens with one attached hydrogen (secondary N) is 2. The van der Waals surface area contributed by atoms with E-state index in [-0.39, 0.29) is 17.4 Å². The number of aromatic hydroxyl groups is 2. The maximum absolute atomic E-state index is 12.1. The van der Waals surface area contributed by atoms with Gasteiger partial charge < -0.3 is 15.5 Å². The van der Waals surface area contributed by atoms with E-state index in [2.05, 4.69) is 15.8 Å². The number of phenolic OH excluding ortho intramolecular Hbond substituents is 2. The summed E-state index contributed by atoms with van der Waals surface area (Å²) >= 11 is 0. The number of nitrogens with zero attached hydrogens (tertiary/aromatic N) is 1. The van der Waals surface area contributed by atoms with Gasteiger partial charge in [0.25, 0.3) is 5.91 Å². The number of benzene rings is 2. The predicted molar refractivity (Wildman–Crippen MR) is 94.5 cm³/mol. The SMILES string of the molecule is Cc1ccc(N[C@@H](C)C(=O)N/N=C\c2ccc(O)cc2O)c(C)c1. The van der Waals surface area contributed by atoms with Crippen LogP contribution in [0.1, 0.15) is 23.6 Å². The van der Waals surface area contributed by atoms with Gasteiger partial charge in [0.2, 0.25) is 0 Å². The van der Waals surface area contributed by atoms with E-state index in [9.17, 15) is 15.0 Å². The Hall–Kier alpha value is -3.02. The number of aryl methyl sites for hydroxylation is 2. The second kappa shape index (κ2) is 7.50. The molecule has 0 aliphatic carbocycles. The van der Waals surface area contributed by atoms with Crippen LogP contribution < -0.4 is 10.7 Å². The van der Waals surface area contributed by atoms with Gasteiger partial charge in [-0.1, -0.05) is 17.7 Å². The standard InChI is InChI=1S/C18H21N3O3/c1-11-4-7-16(12(2)8-11)20-13(3)18(24)21-19-10-14-5-6-15(22)9-17(14)23/h4-10,13,20,22-23H,1-3H3,(H,21,24)/b19-10-/t13-/m0/s1. The lowest BCUT2D eigenvalue weighted by Crippen LogP contribution is -2.35. The van der Waals surface area contributed by atoms with Gasteiger partial charge in [0.1, 0.15) is 17.5 Å². The van der Waals surface area contributed by atoms with Crippen LogP contribution in [0.4, 0.5) is 5.69 Å². The van der Waals surface area contributed by atoms with Gasteiger partial charge >= 0.3 is 0 Å². The number of rotatable bonds is 5. The first-order valence-electron chi connectivity index (χ1n) is 7.55. The molecule has 0 aliphatic heterocycles. The fourth-order valence-electron chi connectivity index (χ4n) is 2.18. The molecule has 2 aromatic carbocycles. The van der Waals surface area contributed by atoms with E-state index in [0.29, 0.717) is 5.56 Å². The lowest BCUT2D eigenvalue weighted by molar-refractivity contribution is -0.121. The van der Waals surface area contributed by atoms with Crippen LogP contribution in [-0.4, -0.2) is 28.4 Å². The molecule has 126 valence electrons. The molecule has 0 spiro atoms. The highest BCUT2D eigenvalue weighted by molar-refractivity contribution is 5.87. The Morgan fingerprint density at radius 2 is 1.92 bits per heavy atom. The minimum absolute atomic E-state index is 0.0417. The molecule has 0 saturated carbocycles. The third kappa shape index (κ3) is 4.49. The second-order valence-corrected chi connectivity index (χ2v) is 5.66. The fourth-order valence-corrected chi connectivity index (χ4v) is 2.18. The number of amides is 1. The van der Waals surface area contributed by atoms with E-state index in [1.807, 2.05) is 32.0 Å². The quantitative estimate of drug-likeness (QED) is 0.502. The smallest absolute Gasteiger partial charge is 0.262 e. The van der Waals surface area contributed by atoms with E-state index in [4.69, 9.17) is 0 Å². The number of hydrogen-bond donors (Lipinski definition) is 4. The Kier molecular flexibility index (Phi) is 5.42. The minimum Gasteiger partial charge on any atom is -0.508 e. The maximum Gasteiger partial charge on any atom is 0.262 e. The van der Waals surface area contributed by atoms with Crippen molar-refractivity contribution in [1.82, 2.24) is 5.43 Å². The summed E-state index contributed by atoms with van der Waals surface area (Å²) in [7, 11) is 0. The van der Waals surface area contributed by atoms with Crippen molar-refractivity contribution in [3.63, 3.8) is 0 Å². The molecule has 0 fully saturated rings. The predicted octanol–water partition coefficient (Wildman–Crippen LogP) is 2.67. The highest BCUT2D eigenvalue weighted by atomic mass is 16.3. The summed E-state index contributed by atoms with van der Waals surface area (Å²) < 4.78 is 0. The number of hydrogen-bond acceptors (Lipinski definition) is 5. The lowest BCUT2D eigenvalue weighted by Gasteiger charge is -2.15. The molecular weight excluding hydrogens is 306 g/mol. The molecule has 0 radical (unpaired) electrons. The number of phenols is 2. The third-order valence-electron chi connectivity index (χ3n) is 3.54. The molecule has 0 unspecified atom stereocenters.